The Morgan fingerprint density at radius 3 is 2.75 bits per heavy atom. The summed E-state index contributed by atoms with van der Waals surface area (Å²) in [5.74, 6) is 1.19. The zero-order chi connectivity index (χ0) is 17.7. The number of rotatable bonds is 8. The molecule has 1 heterocycles. The number of nitro benzene ring substituents is 1. The Balaban J connectivity index is 2.46. The molecule has 1 aromatic heterocycles. The number of aromatic nitrogens is 2. The molecule has 2 aromatic rings. The maximum absolute atomic E-state index is 11.4. The van der Waals surface area contributed by atoms with Crippen molar-refractivity contribution in [2.24, 2.45) is 0 Å². The van der Waals surface area contributed by atoms with E-state index in [0.29, 0.717) is 30.4 Å². The average molecular weight is 336 g/mol. The van der Waals surface area contributed by atoms with Crippen LogP contribution in [0.2, 0.25) is 0 Å². The molecule has 0 saturated heterocycles. The van der Waals surface area contributed by atoms with Gasteiger partial charge in [0, 0.05) is 18.5 Å². The molecule has 0 bridgehead atoms. The molecule has 0 aliphatic rings. The van der Waals surface area contributed by atoms with Crippen LogP contribution in [-0.4, -0.2) is 41.9 Å². The zero-order valence-electron chi connectivity index (χ0n) is 14.0. The van der Waals surface area contributed by atoms with Gasteiger partial charge < -0.3 is 19.3 Å². The minimum atomic E-state index is -0.516. The molecule has 0 amide bonds. The highest BCUT2D eigenvalue weighted by Gasteiger charge is 2.25. The van der Waals surface area contributed by atoms with E-state index in [1.807, 2.05) is 14.0 Å². The SMILES string of the molecule is CCOc1cc([N+](=O)[O-])c(-c2nc(CC(C)NC)no2)cc1OC. The van der Waals surface area contributed by atoms with Crippen LogP contribution >= 0.6 is 0 Å². The van der Waals surface area contributed by atoms with Gasteiger partial charge in [-0.25, -0.2) is 0 Å². The lowest BCUT2D eigenvalue weighted by Gasteiger charge is -2.10. The second kappa shape index (κ2) is 7.73. The maximum Gasteiger partial charge on any atom is 0.286 e. The van der Waals surface area contributed by atoms with Crippen LogP contribution in [0.3, 0.4) is 0 Å². The molecule has 0 saturated carbocycles. The van der Waals surface area contributed by atoms with Gasteiger partial charge in [-0.3, -0.25) is 10.1 Å². The summed E-state index contributed by atoms with van der Waals surface area (Å²) in [7, 11) is 3.29. The molecule has 0 radical (unpaired) electrons. The Kier molecular flexibility index (Phi) is 5.69. The third-order valence-corrected chi connectivity index (χ3v) is 3.46. The first-order valence-corrected chi connectivity index (χ1v) is 7.49. The number of nitrogens with zero attached hydrogens (tertiary/aromatic N) is 3. The number of hydrogen-bond acceptors (Lipinski definition) is 8. The molecule has 1 atom stereocenters. The van der Waals surface area contributed by atoms with Crippen molar-refractivity contribution in [2.45, 2.75) is 26.3 Å². The van der Waals surface area contributed by atoms with E-state index in [4.69, 9.17) is 14.0 Å². The van der Waals surface area contributed by atoms with Gasteiger partial charge in [-0.1, -0.05) is 5.16 Å². The topological polar surface area (TPSA) is 113 Å². The fourth-order valence-electron chi connectivity index (χ4n) is 2.12. The number of likely N-dealkylation sites (N-methyl/N-ethyl adjacent to an activating group) is 1. The van der Waals surface area contributed by atoms with Gasteiger partial charge >= 0.3 is 0 Å². The van der Waals surface area contributed by atoms with Crippen LogP contribution < -0.4 is 14.8 Å². The van der Waals surface area contributed by atoms with Crippen molar-refractivity contribution in [1.82, 2.24) is 15.5 Å². The summed E-state index contributed by atoms with van der Waals surface area (Å²) in [5, 5.41) is 18.3. The highest BCUT2D eigenvalue weighted by atomic mass is 16.6. The Labute approximate surface area is 139 Å². The number of methoxy groups -OCH3 is 1. The lowest BCUT2D eigenvalue weighted by Crippen LogP contribution is -2.24. The largest absolute Gasteiger partial charge is 0.493 e. The molecule has 1 aromatic carbocycles. The molecule has 9 nitrogen and oxygen atoms in total. The van der Waals surface area contributed by atoms with E-state index in [9.17, 15) is 10.1 Å². The first-order valence-electron chi connectivity index (χ1n) is 7.49. The first-order chi connectivity index (χ1) is 11.5. The maximum atomic E-state index is 11.4. The molecular weight excluding hydrogens is 316 g/mol. The quantitative estimate of drug-likeness (QED) is 0.576. The number of benzene rings is 1. The van der Waals surface area contributed by atoms with Crippen molar-refractivity contribution >= 4 is 5.69 Å². The van der Waals surface area contributed by atoms with Gasteiger partial charge in [0.1, 0.15) is 5.56 Å². The number of hydrogen-bond donors (Lipinski definition) is 1. The highest BCUT2D eigenvalue weighted by Crippen LogP contribution is 2.39. The van der Waals surface area contributed by atoms with Crippen molar-refractivity contribution in [1.29, 1.82) is 0 Å². The smallest absolute Gasteiger partial charge is 0.286 e. The zero-order valence-corrected chi connectivity index (χ0v) is 14.0. The Morgan fingerprint density at radius 1 is 1.42 bits per heavy atom. The molecule has 2 rings (SSSR count). The van der Waals surface area contributed by atoms with Crippen molar-refractivity contribution in [2.75, 3.05) is 20.8 Å². The summed E-state index contributed by atoms with van der Waals surface area (Å²) in [6.07, 6.45) is 0.544. The molecule has 0 fully saturated rings. The van der Waals surface area contributed by atoms with Crippen LogP contribution in [0.15, 0.2) is 16.7 Å². The first kappa shape index (κ1) is 17.7. The summed E-state index contributed by atoms with van der Waals surface area (Å²) >= 11 is 0. The average Bonchev–Trinajstić information content (AvgIpc) is 3.02. The number of nitrogens with one attached hydrogen (secondary N) is 1. The predicted octanol–water partition coefficient (Wildman–Crippen LogP) is 2.20. The summed E-state index contributed by atoms with van der Waals surface area (Å²) < 4.78 is 15.8. The third-order valence-electron chi connectivity index (χ3n) is 3.46. The van der Waals surface area contributed by atoms with Gasteiger partial charge in [0.15, 0.2) is 17.3 Å². The van der Waals surface area contributed by atoms with Gasteiger partial charge in [0.05, 0.1) is 24.7 Å². The molecule has 1 N–H and O–H groups in total. The van der Waals surface area contributed by atoms with Crippen LogP contribution in [0.25, 0.3) is 11.5 Å². The van der Waals surface area contributed by atoms with Crippen LogP contribution in [0.4, 0.5) is 5.69 Å². The number of nitro groups is 1. The van der Waals surface area contributed by atoms with Crippen molar-refractivity contribution in [3.63, 3.8) is 0 Å². The van der Waals surface area contributed by atoms with E-state index in [-0.39, 0.29) is 23.2 Å². The second-order valence-corrected chi connectivity index (χ2v) is 5.12. The van der Waals surface area contributed by atoms with Crippen molar-refractivity contribution in [3.05, 3.63) is 28.1 Å². The van der Waals surface area contributed by atoms with E-state index in [1.54, 1.807) is 6.92 Å². The lowest BCUT2D eigenvalue weighted by molar-refractivity contribution is -0.384. The second-order valence-electron chi connectivity index (χ2n) is 5.12. The molecule has 9 heteroatoms. The Hall–Kier alpha value is -2.68. The van der Waals surface area contributed by atoms with Crippen LogP contribution in [0.5, 0.6) is 11.5 Å². The van der Waals surface area contributed by atoms with Gasteiger partial charge in [-0.2, -0.15) is 4.98 Å². The standard InChI is InChI=1S/C15H20N4O5/c1-5-23-13-8-11(19(20)21)10(7-12(13)22-4)15-17-14(18-24-15)6-9(2)16-3/h7-9,16H,5-6H2,1-4H3. The van der Waals surface area contributed by atoms with Crippen LogP contribution in [0.1, 0.15) is 19.7 Å². The molecule has 0 spiro atoms. The predicted molar refractivity (Wildman–Crippen MR) is 86.3 cm³/mol. The summed E-state index contributed by atoms with van der Waals surface area (Å²) in [6.45, 7) is 4.12. The van der Waals surface area contributed by atoms with E-state index >= 15 is 0 Å². The van der Waals surface area contributed by atoms with Gasteiger partial charge in [0.25, 0.3) is 11.6 Å². The van der Waals surface area contributed by atoms with Crippen LogP contribution in [-0.2, 0) is 6.42 Å². The highest BCUT2D eigenvalue weighted by molar-refractivity contribution is 5.72. The lowest BCUT2D eigenvalue weighted by atomic mass is 10.1. The normalized spacial score (nSPS) is 12.0. The van der Waals surface area contributed by atoms with Gasteiger partial charge in [-0.15, -0.1) is 0 Å². The van der Waals surface area contributed by atoms with E-state index in [0.717, 1.165) is 0 Å². The molecule has 0 aliphatic carbocycles. The van der Waals surface area contributed by atoms with Crippen molar-refractivity contribution < 1.29 is 18.9 Å². The molecule has 0 aliphatic heterocycles. The van der Waals surface area contributed by atoms with Gasteiger partial charge in [0.2, 0.25) is 0 Å². The molecule has 1 unspecified atom stereocenters. The summed E-state index contributed by atoms with van der Waals surface area (Å²) in [5.41, 5.74) is 0.00674. The third kappa shape index (κ3) is 3.80. The molecular formula is C15H20N4O5. The monoisotopic (exact) mass is 336 g/mol. The summed E-state index contributed by atoms with van der Waals surface area (Å²) in [6, 6.07) is 2.93. The number of ether oxygens (including phenoxy) is 2. The van der Waals surface area contributed by atoms with Crippen molar-refractivity contribution in [3.8, 4) is 23.0 Å². The van der Waals surface area contributed by atoms with E-state index in [1.165, 1.54) is 19.2 Å². The fraction of sp³-hybridized carbons (Fsp3) is 0.467. The van der Waals surface area contributed by atoms with Crippen LogP contribution in [0, 0.1) is 10.1 Å². The summed E-state index contributed by atoms with van der Waals surface area (Å²) in [4.78, 5) is 15.1. The fourth-order valence-corrected chi connectivity index (χ4v) is 2.12. The molecule has 130 valence electrons. The van der Waals surface area contributed by atoms with E-state index in [2.05, 4.69) is 15.5 Å². The Bertz CT molecular complexity index is 716. The van der Waals surface area contributed by atoms with Gasteiger partial charge in [-0.05, 0) is 20.9 Å². The van der Waals surface area contributed by atoms with E-state index < -0.39 is 4.92 Å². The minimum Gasteiger partial charge on any atom is -0.493 e. The minimum absolute atomic E-state index is 0.0707. The Morgan fingerprint density at radius 2 is 2.17 bits per heavy atom. The molecule has 24 heavy (non-hydrogen) atoms.